The van der Waals surface area contributed by atoms with Gasteiger partial charge in [-0.25, -0.2) is 0 Å². The smallest absolute Gasteiger partial charge is 0.161 e. The highest BCUT2D eigenvalue weighted by molar-refractivity contribution is 8.14. The van der Waals surface area contributed by atoms with E-state index >= 15 is 0 Å². The Morgan fingerprint density at radius 3 is 3.06 bits per heavy atom. The average Bonchev–Trinajstić information content (AvgIpc) is 2.83. The summed E-state index contributed by atoms with van der Waals surface area (Å²) in [5.41, 5.74) is 1.02. The van der Waals surface area contributed by atoms with Gasteiger partial charge in [0.05, 0.1) is 30.6 Å². The maximum Gasteiger partial charge on any atom is 0.161 e. The summed E-state index contributed by atoms with van der Waals surface area (Å²) in [6.07, 6.45) is 3.78. The molecule has 0 unspecified atom stereocenters. The van der Waals surface area contributed by atoms with Crippen molar-refractivity contribution in [2.45, 2.75) is 25.9 Å². The number of thioether (sulfide) groups is 1. The molecule has 1 N–H and O–H groups in total. The van der Waals surface area contributed by atoms with Gasteiger partial charge in [0.25, 0.3) is 0 Å². The molecule has 0 fully saturated rings. The second-order valence-electron chi connectivity index (χ2n) is 4.63. The maximum absolute atomic E-state index is 5.01. The molecule has 2 rings (SSSR count). The van der Waals surface area contributed by atoms with E-state index in [0.717, 1.165) is 23.2 Å². The SMILES string of the molecule is COCCn1cc(NC2=NC(C)(C)CS2)cn1. The summed E-state index contributed by atoms with van der Waals surface area (Å²) in [7, 11) is 1.69. The van der Waals surface area contributed by atoms with Gasteiger partial charge in [0.1, 0.15) is 0 Å². The van der Waals surface area contributed by atoms with Crippen LogP contribution in [0.1, 0.15) is 13.8 Å². The van der Waals surface area contributed by atoms with Gasteiger partial charge in [0, 0.05) is 19.1 Å². The average molecular weight is 254 g/mol. The van der Waals surface area contributed by atoms with Crippen LogP contribution >= 0.6 is 11.8 Å². The van der Waals surface area contributed by atoms with Gasteiger partial charge in [0.2, 0.25) is 0 Å². The van der Waals surface area contributed by atoms with Crippen LogP contribution in [0.25, 0.3) is 0 Å². The summed E-state index contributed by atoms with van der Waals surface area (Å²) in [4.78, 5) is 4.59. The molecule has 1 aliphatic heterocycles. The van der Waals surface area contributed by atoms with Crippen LogP contribution in [0.15, 0.2) is 17.4 Å². The molecule has 17 heavy (non-hydrogen) atoms. The normalized spacial score (nSPS) is 18.2. The summed E-state index contributed by atoms with van der Waals surface area (Å²) in [5.74, 6) is 1.02. The number of anilines is 1. The third-order valence-electron chi connectivity index (χ3n) is 2.38. The zero-order valence-electron chi connectivity index (χ0n) is 10.4. The lowest BCUT2D eigenvalue weighted by Crippen LogP contribution is -2.15. The van der Waals surface area contributed by atoms with E-state index in [1.54, 1.807) is 18.9 Å². The van der Waals surface area contributed by atoms with Crippen molar-refractivity contribution in [2.75, 3.05) is 24.8 Å². The van der Waals surface area contributed by atoms with Crippen LogP contribution in [0.2, 0.25) is 0 Å². The van der Waals surface area contributed by atoms with Crippen LogP contribution in [0.4, 0.5) is 5.69 Å². The first kappa shape index (κ1) is 12.4. The fraction of sp³-hybridized carbons (Fsp3) is 0.636. The topological polar surface area (TPSA) is 51.4 Å². The maximum atomic E-state index is 5.01. The zero-order chi connectivity index (χ0) is 12.3. The van der Waals surface area contributed by atoms with Crippen LogP contribution in [-0.4, -0.2) is 40.0 Å². The molecule has 94 valence electrons. The van der Waals surface area contributed by atoms with Crippen molar-refractivity contribution in [3.63, 3.8) is 0 Å². The Hall–Kier alpha value is -1.01. The number of methoxy groups -OCH3 is 1. The molecule has 1 aromatic rings. The van der Waals surface area contributed by atoms with E-state index in [2.05, 4.69) is 29.3 Å². The van der Waals surface area contributed by atoms with E-state index in [1.807, 2.05) is 17.1 Å². The number of hydrogen-bond acceptors (Lipinski definition) is 5. The Labute approximate surface area is 106 Å². The molecule has 0 atom stereocenters. The summed E-state index contributed by atoms with van der Waals surface area (Å²) >= 11 is 1.75. The molecule has 5 nitrogen and oxygen atoms in total. The first-order valence-electron chi connectivity index (χ1n) is 5.60. The number of hydrogen-bond donors (Lipinski definition) is 1. The first-order valence-corrected chi connectivity index (χ1v) is 6.59. The van der Waals surface area contributed by atoms with Crippen LogP contribution in [0, 0.1) is 0 Å². The number of aromatic nitrogens is 2. The fourth-order valence-corrected chi connectivity index (χ4v) is 2.56. The van der Waals surface area contributed by atoms with Crippen molar-refractivity contribution < 1.29 is 4.74 Å². The number of nitrogens with one attached hydrogen (secondary N) is 1. The third kappa shape index (κ3) is 3.47. The van der Waals surface area contributed by atoms with E-state index < -0.39 is 0 Å². The minimum Gasteiger partial charge on any atom is -0.383 e. The molecule has 0 amide bonds. The number of aliphatic imine (C=N–C) groups is 1. The fourth-order valence-electron chi connectivity index (χ4n) is 1.51. The largest absolute Gasteiger partial charge is 0.383 e. The molecule has 1 aromatic heterocycles. The number of rotatable bonds is 4. The zero-order valence-corrected chi connectivity index (χ0v) is 11.3. The highest BCUT2D eigenvalue weighted by Gasteiger charge is 2.25. The molecule has 0 aliphatic carbocycles. The predicted molar refractivity (Wildman–Crippen MR) is 71.7 cm³/mol. The number of nitrogens with zero attached hydrogens (tertiary/aromatic N) is 3. The molecular formula is C11H18N4OS. The van der Waals surface area contributed by atoms with Gasteiger partial charge in [-0.15, -0.1) is 0 Å². The molecule has 0 saturated heterocycles. The van der Waals surface area contributed by atoms with Crippen molar-refractivity contribution in [3.8, 4) is 0 Å². The van der Waals surface area contributed by atoms with Gasteiger partial charge in [-0.05, 0) is 13.8 Å². The lowest BCUT2D eigenvalue weighted by atomic mass is 10.1. The quantitative estimate of drug-likeness (QED) is 0.890. The molecule has 0 radical (unpaired) electrons. The van der Waals surface area contributed by atoms with Gasteiger partial charge in [-0.1, -0.05) is 11.8 Å². The van der Waals surface area contributed by atoms with Crippen molar-refractivity contribution in [2.24, 2.45) is 4.99 Å². The third-order valence-corrected chi connectivity index (χ3v) is 3.69. The summed E-state index contributed by atoms with van der Waals surface area (Å²) < 4.78 is 6.86. The van der Waals surface area contributed by atoms with Crippen LogP contribution in [0.3, 0.4) is 0 Å². The Morgan fingerprint density at radius 2 is 2.41 bits per heavy atom. The van der Waals surface area contributed by atoms with Crippen molar-refractivity contribution >= 4 is 22.6 Å². The Bertz CT molecular complexity index is 413. The molecule has 0 spiro atoms. The Morgan fingerprint density at radius 1 is 1.59 bits per heavy atom. The molecule has 1 aliphatic rings. The second kappa shape index (κ2) is 5.10. The Kier molecular flexibility index (Phi) is 3.73. The van der Waals surface area contributed by atoms with Crippen LogP contribution in [-0.2, 0) is 11.3 Å². The van der Waals surface area contributed by atoms with Crippen molar-refractivity contribution in [3.05, 3.63) is 12.4 Å². The molecule has 2 heterocycles. The lowest BCUT2D eigenvalue weighted by molar-refractivity contribution is 0.183. The summed E-state index contributed by atoms with van der Waals surface area (Å²) in [5, 5.41) is 8.50. The first-order chi connectivity index (χ1) is 8.09. The van der Waals surface area contributed by atoms with E-state index in [1.165, 1.54) is 0 Å². The predicted octanol–water partition coefficient (Wildman–Crippen LogP) is 1.82. The minimum atomic E-state index is 0.0407. The Balaban J connectivity index is 1.93. The molecule has 6 heteroatoms. The van der Waals surface area contributed by atoms with Gasteiger partial charge in [0.15, 0.2) is 5.17 Å². The van der Waals surface area contributed by atoms with E-state index in [0.29, 0.717) is 6.61 Å². The summed E-state index contributed by atoms with van der Waals surface area (Å²) in [6, 6.07) is 0. The molecule has 0 bridgehead atoms. The van der Waals surface area contributed by atoms with Crippen LogP contribution < -0.4 is 5.32 Å². The number of ether oxygens (including phenoxy) is 1. The van der Waals surface area contributed by atoms with E-state index in [9.17, 15) is 0 Å². The molecule has 0 aromatic carbocycles. The standard InChI is InChI=1S/C11H18N4OS/c1-11(2)8-17-10(14-11)13-9-6-12-15(7-9)4-5-16-3/h6-7H,4-5,8H2,1-3H3,(H,13,14). The van der Waals surface area contributed by atoms with Gasteiger partial charge in [-0.2, -0.15) is 5.10 Å². The second-order valence-corrected chi connectivity index (χ2v) is 5.59. The van der Waals surface area contributed by atoms with E-state index in [-0.39, 0.29) is 5.54 Å². The van der Waals surface area contributed by atoms with Crippen molar-refractivity contribution in [1.29, 1.82) is 0 Å². The number of amidine groups is 1. The van der Waals surface area contributed by atoms with Gasteiger partial charge >= 0.3 is 0 Å². The highest BCUT2D eigenvalue weighted by atomic mass is 32.2. The van der Waals surface area contributed by atoms with E-state index in [4.69, 9.17) is 4.74 Å². The molecular weight excluding hydrogens is 236 g/mol. The van der Waals surface area contributed by atoms with Gasteiger partial charge < -0.3 is 10.1 Å². The summed E-state index contributed by atoms with van der Waals surface area (Å²) in [6.45, 7) is 5.71. The van der Waals surface area contributed by atoms with Crippen molar-refractivity contribution in [1.82, 2.24) is 9.78 Å². The minimum absolute atomic E-state index is 0.0407. The lowest BCUT2D eigenvalue weighted by Gasteiger charge is -2.09. The monoisotopic (exact) mass is 254 g/mol. The highest BCUT2D eigenvalue weighted by Crippen LogP contribution is 2.27. The van der Waals surface area contributed by atoms with Gasteiger partial charge in [-0.3, -0.25) is 9.67 Å². The molecule has 0 saturated carbocycles. The van der Waals surface area contributed by atoms with Crippen LogP contribution in [0.5, 0.6) is 0 Å².